The predicted octanol–water partition coefficient (Wildman–Crippen LogP) is 3.45. The quantitative estimate of drug-likeness (QED) is 0.937. The lowest BCUT2D eigenvalue weighted by molar-refractivity contribution is -0.138. The average Bonchev–Trinajstić information content (AvgIpc) is 2.74. The molecule has 0 amide bonds. The summed E-state index contributed by atoms with van der Waals surface area (Å²) in [7, 11) is 1.76. The van der Waals surface area contributed by atoms with E-state index in [0.717, 1.165) is 17.3 Å². The average molecular weight is 297 g/mol. The molecule has 21 heavy (non-hydrogen) atoms. The van der Waals surface area contributed by atoms with Crippen LogP contribution in [-0.4, -0.2) is 16.3 Å². The first kappa shape index (κ1) is 15.6. The second kappa shape index (κ2) is 5.89. The van der Waals surface area contributed by atoms with Gasteiger partial charge in [-0.15, -0.1) is 0 Å². The summed E-state index contributed by atoms with van der Waals surface area (Å²) in [5, 5.41) is 7.36. The molecule has 6 heteroatoms. The van der Waals surface area contributed by atoms with Crippen LogP contribution in [0.3, 0.4) is 0 Å². The molecular formula is C15H18F3N3. The van der Waals surface area contributed by atoms with E-state index in [1.165, 1.54) is 12.1 Å². The summed E-state index contributed by atoms with van der Waals surface area (Å²) in [6.07, 6.45) is -2.61. The molecule has 0 saturated heterocycles. The first-order valence-corrected chi connectivity index (χ1v) is 6.74. The third-order valence-electron chi connectivity index (χ3n) is 3.35. The van der Waals surface area contributed by atoms with E-state index >= 15 is 0 Å². The fraction of sp³-hybridized carbons (Fsp3) is 0.400. The Bertz CT molecular complexity index is 617. The van der Waals surface area contributed by atoms with Crippen molar-refractivity contribution in [3.8, 4) is 0 Å². The lowest BCUT2D eigenvalue weighted by Gasteiger charge is -2.22. The molecule has 0 bridgehead atoms. The summed E-state index contributed by atoms with van der Waals surface area (Å²) in [5.74, 6) is 0. The van der Waals surface area contributed by atoms with Gasteiger partial charge in [0, 0.05) is 18.8 Å². The van der Waals surface area contributed by atoms with Crippen molar-refractivity contribution >= 4 is 0 Å². The number of hydrogen-bond donors (Lipinski definition) is 1. The van der Waals surface area contributed by atoms with Crippen LogP contribution in [0.25, 0.3) is 0 Å². The normalized spacial score (nSPS) is 13.4. The molecule has 1 heterocycles. The maximum Gasteiger partial charge on any atom is 0.416 e. The molecule has 0 spiro atoms. The third kappa shape index (κ3) is 3.26. The Balaban J connectivity index is 2.56. The van der Waals surface area contributed by atoms with Crippen molar-refractivity contribution in [2.24, 2.45) is 7.05 Å². The van der Waals surface area contributed by atoms with Crippen LogP contribution < -0.4 is 5.32 Å². The lowest BCUT2D eigenvalue weighted by Crippen LogP contribution is -2.25. The number of nitrogens with zero attached hydrogens (tertiary/aromatic N) is 2. The molecule has 1 aromatic carbocycles. The summed E-state index contributed by atoms with van der Waals surface area (Å²) >= 11 is 0. The minimum absolute atomic E-state index is 0.225. The molecule has 0 aliphatic rings. The Morgan fingerprint density at radius 3 is 2.43 bits per heavy atom. The number of alkyl halides is 3. The first-order valence-electron chi connectivity index (χ1n) is 6.74. The molecule has 1 unspecified atom stereocenters. The van der Waals surface area contributed by atoms with E-state index in [4.69, 9.17) is 0 Å². The van der Waals surface area contributed by atoms with Crippen LogP contribution in [-0.2, 0) is 13.2 Å². The lowest BCUT2D eigenvalue weighted by atomic mass is 9.94. The van der Waals surface area contributed by atoms with Gasteiger partial charge in [0.05, 0.1) is 17.3 Å². The van der Waals surface area contributed by atoms with E-state index in [0.29, 0.717) is 6.54 Å². The Labute approximate surface area is 121 Å². The molecule has 1 N–H and O–H groups in total. The van der Waals surface area contributed by atoms with Crippen molar-refractivity contribution in [2.45, 2.75) is 26.1 Å². The highest BCUT2D eigenvalue weighted by molar-refractivity contribution is 5.39. The van der Waals surface area contributed by atoms with Crippen LogP contribution in [0.4, 0.5) is 13.2 Å². The van der Waals surface area contributed by atoms with Gasteiger partial charge in [0.1, 0.15) is 0 Å². The largest absolute Gasteiger partial charge is 0.416 e. The zero-order valence-corrected chi connectivity index (χ0v) is 12.2. The third-order valence-corrected chi connectivity index (χ3v) is 3.35. The van der Waals surface area contributed by atoms with Gasteiger partial charge in [0.2, 0.25) is 0 Å². The highest BCUT2D eigenvalue weighted by atomic mass is 19.4. The van der Waals surface area contributed by atoms with Gasteiger partial charge < -0.3 is 5.32 Å². The Kier molecular flexibility index (Phi) is 4.37. The summed E-state index contributed by atoms with van der Waals surface area (Å²) < 4.78 is 41.3. The summed E-state index contributed by atoms with van der Waals surface area (Å²) in [6, 6.07) is 5.14. The predicted molar refractivity (Wildman–Crippen MR) is 74.9 cm³/mol. The Morgan fingerprint density at radius 1 is 1.24 bits per heavy atom. The molecule has 2 aromatic rings. The van der Waals surface area contributed by atoms with Crippen molar-refractivity contribution < 1.29 is 13.2 Å². The second-order valence-corrected chi connectivity index (χ2v) is 4.92. The van der Waals surface area contributed by atoms with Gasteiger partial charge in [-0.3, -0.25) is 4.68 Å². The van der Waals surface area contributed by atoms with Gasteiger partial charge in [-0.25, -0.2) is 0 Å². The highest BCUT2D eigenvalue weighted by Gasteiger charge is 2.35. The Hall–Kier alpha value is -1.82. The second-order valence-electron chi connectivity index (χ2n) is 4.92. The molecule has 1 atom stereocenters. The molecule has 0 saturated carbocycles. The molecular weight excluding hydrogens is 279 g/mol. The summed E-state index contributed by atoms with van der Waals surface area (Å²) in [6.45, 7) is 4.23. The van der Waals surface area contributed by atoms with Crippen molar-refractivity contribution in [3.63, 3.8) is 0 Å². The number of benzene rings is 1. The maximum absolute atomic E-state index is 13.2. The molecule has 3 nitrogen and oxygen atoms in total. The van der Waals surface area contributed by atoms with Crippen LogP contribution in [0.2, 0.25) is 0 Å². The van der Waals surface area contributed by atoms with E-state index in [9.17, 15) is 13.2 Å². The van der Waals surface area contributed by atoms with Gasteiger partial charge >= 0.3 is 6.18 Å². The highest BCUT2D eigenvalue weighted by Crippen LogP contribution is 2.36. The molecule has 0 fully saturated rings. The van der Waals surface area contributed by atoms with Gasteiger partial charge in [-0.2, -0.15) is 18.3 Å². The van der Waals surface area contributed by atoms with Gasteiger partial charge in [0.15, 0.2) is 0 Å². The van der Waals surface area contributed by atoms with Crippen molar-refractivity contribution in [1.29, 1.82) is 0 Å². The van der Waals surface area contributed by atoms with Crippen molar-refractivity contribution in [2.75, 3.05) is 6.54 Å². The monoisotopic (exact) mass is 297 g/mol. The number of nitrogens with one attached hydrogen (secondary N) is 1. The van der Waals surface area contributed by atoms with Crippen LogP contribution in [0.1, 0.15) is 35.3 Å². The van der Waals surface area contributed by atoms with Crippen LogP contribution in [0.15, 0.2) is 30.5 Å². The topological polar surface area (TPSA) is 29.9 Å². The van der Waals surface area contributed by atoms with E-state index in [2.05, 4.69) is 10.4 Å². The van der Waals surface area contributed by atoms with Crippen molar-refractivity contribution in [3.05, 3.63) is 52.8 Å². The summed E-state index contributed by atoms with van der Waals surface area (Å²) in [4.78, 5) is 0. The minimum atomic E-state index is -4.37. The SMILES string of the molecule is CCNC(c1ccccc1C(F)(F)F)c1cn(C)nc1C. The smallest absolute Gasteiger partial charge is 0.306 e. The maximum atomic E-state index is 13.2. The zero-order chi connectivity index (χ0) is 15.6. The van der Waals surface area contributed by atoms with Gasteiger partial charge in [-0.05, 0) is 25.1 Å². The summed E-state index contributed by atoms with van der Waals surface area (Å²) in [5.41, 5.74) is 1.10. The first-order chi connectivity index (χ1) is 9.84. The number of aromatic nitrogens is 2. The molecule has 0 aliphatic carbocycles. The molecule has 0 radical (unpaired) electrons. The fourth-order valence-corrected chi connectivity index (χ4v) is 2.50. The van der Waals surface area contributed by atoms with Crippen LogP contribution in [0.5, 0.6) is 0 Å². The van der Waals surface area contributed by atoms with E-state index in [1.807, 2.05) is 6.92 Å². The molecule has 1 aromatic heterocycles. The van der Waals surface area contributed by atoms with Gasteiger partial charge in [0.25, 0.3) is 0 Å². The number of hydrogen-bond acceptors (Lipinski definition) is 2. The number of rotatable bonds is 4. The zero-order valence-electron chi connectivity index (χ0n) is 12.2. The number of aryl methyl sites for hydroxylation is 2. The molecule has 114 valence electrons. The number of halogens is 3. The van der Waals surface area contributed by atoms with E-state index in [-0.39, 0.29) is 5.56 Å². The standard InChI is InChI=1S/C15H18F3N3/c1-4-19-14(12-9-21(3)20-10(12)2)11-7-5-6-8-13(11)15(16,17)18/h5-9,14,19H,4H2,1-3H3. The van der Waals surface area contributed by atoms with Gasteiger partial charge in [-0.1, -0.05) is 25.1 Å². The Morgan fingerprint density at radius 2 is 1.90 bits per heavy atom. The van der Waals surface area contributed by atoms with E-state index < -0.39 is 17.8 Å². The van der Waals surface area contributed by atoms with E-state index in [1.54, 1.807) is 30.9 Å². The van der Waals surface area contributed by atoms with Crippen LogP contribution >= 0.6 is 0 Å². The van der Waals surface area contributed by atoms with Crippen molar-refractivity contribution in [1.82, 2.24) is 15.1 Å². The minimum Gasteiger partial charge on any atom is -0.306 e. The van der Waals surface area contributed by atoms with Crippen LogP contribution in [0, 0.1) is 6.92 Å². The molecule has 0 aliphatic heterocycles. The molecule has 2 rings (SSSR count). The fourth-order valence-electron chi connectivity index (χ4n) is 2.50.